The minimum atomic E-state index is 0.0428. The second kappa shape index (κ2) is 7.61. The van der Waals surface area contributed by atoms with Crippen molar-refractivity contribution in [3.05, 3.63) is 54.6 Å². The minimum Gasteiger partial charge on any atom is -0.489 e. The van der Waals surface area contributed by atoms with Crippen LogP contribution in [-0.4, -0.2) is 40.1 Å². The third kappa shape index (κ3) is 3.84. The van der Waals surface area contributed by atoms with E-state index < -0.39 is 0 Å². The lowest BCUT2D eigenvalue weighted by molar-refractivity contribution is -0.130. The van der Waals surface area contributed by atoms with Gasteiger partial charge in [0.1, 0.15) is 11.9 Å². The van der Waals surface area contributed by atoms with Crippen LogP contribution in [0.4, 0.5) is 0 Å². The van der Waals surface area contributed by atoms with Crippen molar-refractivity contribution < 1.29 is 14.1 Å². The molecule has 6 heteroatoms. The highest BCUT2D eigenvalue weighted by Crippen LogP contribution is 2.25. The number of aromatic nitrogens is 2. The Bertz CT molecular complexity index is 906. The molecule has 0 bridgehead atoms. The summed E-state index contributed by atoms with van der Waals surface area (Å²) in [7, 11) is 0. The van der Waals surface area contributed by atoms with Gasteiger partial charge in [0.2, 0.25) is 11.7 Å². The van der Waals surface area contributed by atoms with E-state index in [2.05, 4.69) is 10.1 Å². The molecule has 1 amide bonds. The van der Waals surface area contributed by atoms with Crippen molar-refractivity contribution in [1.82, 2.24) is 15.0 Å². The molecule has 1 unspecified atom stereocenters. The maximum Gasteiger partial charge on any atom is 0.258 e. The average Bonchev–Trinajstić information content (AvgIpc) is 3.39. The first-order chi connectivity index (χ1) is 13.2. The Labute approximate surface area is 157 Å². The summed E-state index contributed by atoms with van der Waals surface area (Å²) in [4.78, 5) is 18.1. The highest BCUT2D eigenvalue weighted by atomic mass is 16.5. The predicted octanol–water partition coefficient (Wildman–Crippen LogP) is 3.79. The van der Waals surface area contributed by atoms with Gasteiger partial charge in [0, 0.05) is 30.5 Å². The molecule has 1 saturated heterocycles. The summed E-state index contributed by atoms with van der Waals surface area (Å²) in [5, 5.41) is 4.06. The van der Waals surface area contributed by atoms with Gasteiger partial charge in [0.25, 0.3) is 5.89 Å². The van der Waals surface area contributed by atoms with Crippen molar-refractivity contribution in [2.45, 2.75) is 25.9 Å². The van der Waals surface area contributed by atoms with E-state index in [1.165, 1.54) is 0 Å². The zero-order valence-electron chi connectivity index (χ0n) is 15.2. The van der Waals surface area contributed by atoms with E-state index >= 15 is 0 Å². The molecule has 0 spiro atoms. The quantitative estimate of drug-likeness (QED) is 0.690. The zero-order valence-corrected chi connectivity index (χ0v) is 15.2. The molecule has 1 fully saturated rings. The molecule has 0 N–H and O–H groups in total. The second-order valence-electron chi connectivity index (χ2n) is 6.54. The number of hydrogen-bond acceptors (Lipinski definition) is 5. The van der Waals surface area contributed by atoms with Crippen LogP contribution in [0.1, 0.15) is 19.8 Å². The van der Waals surface area contributed by atoms with E-state index in [0.717, 1.165) is 29.8 Å². The van der Waals surface area contributed by atoms with E-state index in [1.807, 2.05) is 66.4 Å². The fraction of sp³-hybridized carbons (Fsp3) is 0.286. The molecule has 1 aliphatic heterocycles. The first-order valence-corrected chi connectivity index (χ1v) is 9.17. The van der Waals surface area contributed by atoms with Crippen LogP contribution in [0, 0.1) is 0 Å². The van der Waals surface area contributed by atoms with Crippen LogP contribution < -0.4 is 4.74 Å². The largest absolute Gasteiger partial charge is 0.489 e. The number of ether oxygens (including phenoxy) is 1. The molecule has 0 aliphatic carbocycles. The second-order valence-corrected chi connectivity index (χ2v) is 6.54. The van der Waals surface area contributed by atoms with Crippen LogP contribution in [0.25, 0.3) is 22.8 Å². The number of amides is 1. The van der Waals surface area contributed by atoms with E-state index in [9.17, 15) is 4.79 Å². The van der Waals surface area contributed by atoms with Crippen LogP contribution in [0.2, 0.25) is 0 Å². The molecular formula is C21H21N3O3. The highest BCUT2D eigenvalue weighted by Gasteiger charge is 2.26. The topological polar surface area (TPSA) is 68.5 Å². The lowest BCUT2D eigenvalue weighted by atomic mass is 10.2. The van der Waals surface area contributed by atoms with E-state index in [1.54, 1.807) is 0 Å². The van der Waals surface area contributed by atoms with E-state index in [0.29, 0.717) is 24.7 Å². The van der Waals surface area contributed by atoms with Gasteiger partial charge in [-0.15, -0.1) is 0 Å². The molecule has 0 saturated carbocycles. The Morgan fingerprint density at radius 2 is 1.93 bits per heavy atom. The molecule has 27 heavy (non-hydrogen) atoms. The summed E-state index contributed by atoms with van der Waals surface area (Å²) in [6, 6.07) is 17.3. The Morgan fingerprint density at radius 3 is 2.67 bits per heavy atom. The molecule has 1 atom stereocenters. The first-order valence-electron chi connectivity index (χ1n) is 9.17. The Balaban J connectivity index is 1.41. The lowest BCUT2D eigenvalue weighted by Gasteiger charge is -2.16. The summed E-state index contributed by atoms with van der Waals surface area (Å²) in [6.07, 6.45) is 1.44. The van der Waals surface area contributed by atoms with Gasteiger partial charge in [0.05, 0.1) is 6.54 Å². The maximum absolute atomic E-state index is 11.8. The summed E-state index contributed by atoms with van der Waals surface area (Å²) >= 11 is 0. The van der Waals surface area contributed by atoms with Gasteiger partial charge < -0.3 is 14.2 Å². The Morgan fingerprint density at radius 1 is 1.15 bits per heavy atom. The molecule has 1 aromatic heterocycles. The number of carbonyl (C=O) groups is 1. The number of rotatable bonds is 5. The number of carbonyl (C=O) groups excluding carboxylic acids is 1. The van der Waals surface area contributed by atoms with E-state index in [4.69, 9.17) is 9.26 Å². The third-order valence-corrected chi connectivity index (χ3v) is 4.66. The van der Waals surface area contributed by atoms with Gasteiger partial charge in [-0.05, 0) is 36.4 Å². The lowest BCUT2D eigenvalue weighted by Crippen LogP contribution is -2.30. The molecule has 4 rings (SSSR count). The van der Waals surface area contributed by atoms with Crippen LogP contribution in [0.15, 0.2) is 59.1 Å². The summed E-state index contributed by atoms with van der Waals surface area (Å²) in [6.45, 7) is 3.30. The Hall–Kier alpha value is -3.15. The molecule has 1 aliphatic rings. The van der Waals surface area contributed by atoms with Gasteiger partial charge >= 0.3 is 0 Å². The predicted molar refractivity (Wildman–Crippen MR) is 101 cm³/mol. The Kier molecular flexibility index (Phi) is 4.87. The van der Waals surface area contributed by atoms with Crippen molar-refractivity contribution in [3.63, 3.8) is 0 Å². The van der Waals surface area contributed by atoms with Gasteiger partial charge in [-0.1, -0.05) is 30.3 Å². The number of benzene rings is 2. The molecule has 138 valence electrons. The van der Waals surface area contributed by atoms with Crippen molar-refractivity contribution >= 4 is 5.91 Å². The fourth-order valence-electron chi connectivity index (χ4n) is 3.19. The van der Waals surface area contributed by atoms with Crippen molar-refractivity contribution in [2.75, 3.05) is 13.1 Å². The smallest absolute Gasteiger partial charge is 0.258 e. The molecular weight excluding hydrogens is 342 g/mol. The number of hydrogen-bond donors (Lipinski definition) is 0. The molecule has 2 heterocycles. The van der Waals surface area contributed by atoms with Gasteiger partial charge in [0.15, 0.2) is 0 Å². The summed E-state index contributed by atoms with van der Waals surface area (Å²) < 4.78 is 11.4. The van der Waals surface area contributed by atoms with E-state index in [-0.39, 0.29) is 12.0 Å². The minimum absolute atomic E-state index is 0.0428. The van der Waals surface area contributed by atoms with Crippen LogP contribution in [0.5, 0.6) is 5.75 Å². The highest BCUT2D eigenvalue weighted by molar-refractivity contribution is 5.76. The molecule has 3 aromatic rings. The first kappa shape index (κ1) is 17.3. The number of nitrogens with zero attached hydrogens (tertiary/aromatic N) is 3. The maximum atomic E-state index is 11.8. The third-order valence-electron chi connectivity index (χ3n) is 4.66. The standard InChI is InChI=1S/C21H21N3O3/c1-2-19(25)24-13-12-18(14-24)26-17-10-8-15(9-11-17)20-22-21(27-23-20)16-6-4-3-5-7-16/h3-11,18H,2,12-14H2,1H3. The van der Waals surface area contributed by atoms with Crippen LogP contribution >= 0.6 is 0 Å². The SMILES string of the molecule is CCC(=O)N1CCC(Oc2ccc(-c3noc(-c4ccccc4)n3)cc2)C1. The molecule has 2 aromatic carbocycles. The average molecular weight is 363 g/mol. The van der Waals surface area contributed by atoms with Gasteiger partial charge in [-0.3, -0.25) is 4.79 Å². The summed E-state index contributed by atoms with van der Waals surface area (Å²) in [5.74, 6) is 2.00. The monoisotopic (exact) mass is 363 g/mol. The van der Waals surface area contributed by atoms with Crippen molar-refractivity contribution in [1.29, 1.82) is 0 Å². The number of likely N-dealkylation sites (tertiary alicyclic amines) is 1. The van der Waals surface area contributed by atoms with Gasteiger partial charge in [-0.2, -0.15) is 4.98 Å². The normalized spacial score (nSPS) is 16.5. The van der Waals surface area contributed by atoms with Crippen molar-refractivity contribution in [3.8, 4) is 28.6 Å². The van der Waals surface area contributed by atoms with Crippen molar-refractivity contribution in [2.24, 2.45) is 0 Å². The zero-order chi connectivity index (χ0) is 18.6. The summed E-state index contributed by atoms with van der Waals surface area (Å²) in [5.41, 5.74) is 1.76. The fourth-order valence-corrected chi connectivity index (χ4v) is 3.19. The van der Waals surface area contributed by atoms with Crippen LogP contribution in [0.3, 0.4) is 0 Å². The van der Waals surface area contributed by atoms with Gasteiger partial charge in [-0.25, -0.2) is 0 Å². The molecule has 6 nitrogen and oxygen atoms in total. The molecule has 0 radical (unpaired) electrons. The van der Waals surface area contributed by atoms with Crippen LogP contribution in [-0.2, 0) is 4.79 Å².